The minimum absolute atomic E-state index is 0.703. The summed E-state index contributed by atoms with van der Waals surface area (Å²) >= 11 is 2.29. The maximum absolute atomic E-state index is 8.85. The molecule has 0 spiro atoms. The fourth-order valence-electron chi connectivity index (χ4n) is 1.43. The van der Waals surface area contributed by atoms with Crippen LogP contribution in [0.5, 0.6) is 0 Å². The van der Waals surface area contributed by atoms with Crippen LogP contribution in [0.25, 0.3) is 11.1 Å². The molecule has 15 heavy (non-hydrogen) atoms. The van der Waals surface area contributed by atoms with Crippen molar-refractivity contribution in [2.45, 2.75) is 0 Å². The third-order valence-electron chi connectivity index (χ3n) is 2.18. The first-order chi connectivity index (χ1) is 7.31. The Labute approximate surface area is 103 Å². The van der Waals surface area contributed by atoms with E-state index in [-0.39, 0.29) is 0 Å². The molecule has 0 fully saturated rings. The van der Waals surface area contributed by atoms with Crippen molar-refractivity contribution in [1.82, 2.24) is 0 Å². The Morgan fingerprint density at radius 3 is 2.40 bits per heavy atom. The number of nitrogens with zero attached hydrogens (tertiary/aromatic N) is 1. The molecule has 2 rings (SSSR count). The van der Waals surface area contributed by atoms with Crippen molar-refractivity contribution in [2.75, 3.05) is 0 Å². The van der Waals surface area contributed by atoms with Gasteiger partial charge in [0.15, 0.2) is 0 Å². The van der Waals surface area contributed by atoms with E-state index in [9.17, 15) is 0 Å². The summed E-state index contributed by atoms with van der Waals surface area (Å²) in [5, 5.41) is 8.85. The van der Waals surface area contributed by atoms with Crippen LogP contribution < -0.4 is 0 Å². The van der Waals surface area contributed by atoms with Gasteiger partial charge in [-0.15, -0.1) is 0 Å². The van der Waals surface area contributed by atoms with E-state index in [1.54, 1.807) is 0 Å². The van der Waals surface area contributed by atoms with Crippen molar-refractivity contribution in [3.05, 3.63) is 57.7 Å². The molecule has 0 heterocycles. The Balaban J connectivity index is 2.58. The van der Waals surface area contributed by atoms with Crippen LogP contribution in [0.15, 0.2) is 48.5 Å². The quantitative estimate of drug-likeness (QED) is 0.735. The highest BCUT2D eigenvalue weighted by Gasteiger charge is 2.03. The molecule has 0 unspecified atom stereocenters. The van der Waals surface area contributed by atoms with Gasteiger partial charge in [-0.25, -0.2) is 0 Å². The van der Waals surface area contributed by atoms with Gasteiger partial charge < -0.3 is 0 Å². The van der Waals surface area contributed by atoms with Gasteiger partial charge in [-0.1, -0.05) is 30.3 Å². The lowest BCUT2D eigenvalue weighted by atomic mass is 10.0. The van der Waals surface area contributed by atoms with Crippen molar-refractivity contribution in [1.29, 1.82) is 5.26 Å². The zero-order valence-corrected chi connectivity index (χ0v) is 10.1. The number of hydrogen-bond acceptors (Lipinski definition) is 1. The van der Waals surface area contributed by atoms with Gasteiger partial charge in [0.2, 0.25) is 0 Å². The molecule has 0 N–H and O–H groups in total. The molecular formula is C13H8IN. The summed E-state index contributed by atoms with van der Waals surface area (Å²) in [6.07, 6.45) is 0. The van der Waals surface area contributed by atoms with Crippen LogP contribution in [-0.4, -0.2) is 0 Å². The van der Waals surface area contributed by atoms with Crippen LogP contribution in [0, 0.1) is 14.9 Å². The van der Waals surface area contributed by atoms with Crippen molar-refractivity contribution in [3.8, 4) is 17.2 Å². The average molecular weight is 305 g/mol. The zero-order valence-electron chi connectivity index (χ0n) is 7.94. The molecule has 2 aromatic carbocycles. The molecule has 0 aliphatic heterocycles. The van der Waals surface area contributed by atoms with Gasteiger partial charge in [-0.3, -0.25) is 0 Å². The Kier molecular flexibility index (Phi) is 3.02. The SMILES string of the molecule is N#Cc1ccc(I)c(-c2ccccc2)c1. The van der Waals surface area contributed by atoms with Crippen LogP contribution in [0.4, 0.5) is 0 Å². The highest BCUT2D eigenvalue weighted by Crippen LogP contribution is 2.25. The highest BCUT2D eigenvalue weighted by molar-refractivity contribution is 14.1. The molecular weight excluding hydrogens is 297 g/mol. The first-order valence-corrected chi connectivity index (χ1v) is 5.64. The number of halogens is 1. The Bertz CT molecular complexity index is 512. The first-order valence-electron chi connectivity index (χ1n) is 4.56. The lowest BCUT2D eigenvalue weighted by molar-refractivity contribution is 1.47. The maximum atomic E-state index is 8.85. The Morgan fingerprint density at radius 2 is 1.73 bits per heavy atom. The molecule has 1 nitrogen and oxygen atoms in total. The fraction of sp³-hybridized carbons (Fsp3) is 0. The van der Waals surface area contributed by atoms with Gasteiger partial charge in [0.25, 0.3) is 0 Å². The van der Waals surface area contributed by atoms with Crippen LogP contribution in [0.3, 0.4) is 0 Å². The molecule has 0 aliphatic rings. The molecule has 0 bridgehead atoms. The second-order valence-corrected chi connectivity index (χ2v) is 4.33. The van der Waals surface area contributed by atoms with Gasteiger partial charge in [0, 0.05) is 3.57 Å². The predicted octanol–water partition coefficient (Wildman–Crippen LogP) is 3.83. The minimum Gasteiger partial charge on any atom is -0.192 e. The number of rotatable bonds is 1. The molecule has 2 aromatic rings. The van der Waals surface area contributed by atoms with E-state index in [2.05, 4.69) is 40.8 Å². The lowest BCUT2D eigenvalue weighted by Gasteiger charge is -2.04. The Hall–Kier alpha value is -1.34. The van der Waals surface area contributed by atoms with Crippen LogP contribution in [0.1, 0.15) is 5.56 Å². The summed E-state index contributed by atoms with van der Waals surface area (Å²) in [5.41, 5.74) is 2.98. The molecule has 0 aromatic heterocycles. The van der Waals surface area contributed by atoms with Gasteiger partial charge >= 0.3 is 0 Å². The average Bonchev–Trinajstić information content (AvgIpc) is 2.31. The van der Waals surface area contributed by atoms with Gasteiger partial charge in [0.05, 0.1) is 11.6 Å². The van der Waals surface area contributed by atoms with Crippen LogP contribution in [0.2, 0.25) is 0 Å². The van der Waals surface area contributed by atoms with E-state index in [0.717, 1.165) is 14.7 Å². The summed E-state index contributed by atoms with van der Waals surface area (Å²) in [6, 6.07) is 18.0. The maximum Gasteiger partial charge on any atom is 0.0991 e. The molecule has 0 amide bonds. The van der Waals surface area contributed by atoms with Gasteiger partial charge in [-0.2, -0.15) is 5.26 Å². The summed E-state index contributed by atoms with van der Waals surface area (Å²) in [6.45, 7) is 0. The number of hydrogen-bond donors (Lipinski definition) is 0. The third kappa shape index (κ3) is 2.18. The topological polar surface area (TPSA) is 23.8 Å². The van der Waals surface area contributed by atoms with Crippen molar-refractivity contribution in [2.24, 2.45) is 0 Å². The summed E-state index contributed by atoms with van der Waals surface area (Å²) in [4.78, 5) is 0. The smallest absolute Gasteiger partial charge is 0.0991 e. The van der Waals surface area contributed by atoms with Crippen molar-refractivity contribution < 1.29 is 0 Å². The van der Waals surface area contributed by atoms with Gasteiger partial charge in [0.1, 0.15) is 0 Å². The molecule has 0 atom stereocenters. The van der Waals surface area contributed by atoms with Gasteiger partial charge in [-0.05, 0) is 51.9 Å². The standard InChI is InChI=1S/C13H8IN/c14-13-7-6-10(9-15)8-12(13)11-4-2-1-3-5-11/h1-8H. The largest absolute Gasteiger partial charge is 0.192 e. The zero-order chi connectivity index (χ0) is 10.7. The molecule has 0 saturated heterocycles. The fourth-order valence-corrected chi connectivity index (χ4v) is 2.08. The number of nitriles is 1. The van der Waals surface area contributed by atoms with E-state index in [4.69, 9.17) is 5.26 Å². The van der Waals surface area contributed by atoms with Crippen molar-refractivity contribution in [3.63, 3.8) is 0 Å². The third-order valence-corrected chi connectivity index (χ3v) is 3.12. The Morgan fingerprint density at radius 1 is 1.00 bits per heavy atom. The molecule has 72 valence electrons. The lowest BCUT2D eigenvalue weighted by Crippen LogP contribution is -1.84. The van der Waals surface area contributed by atoms with Crippen LogP contribution in [-0.2, 0) is 0 Å². The molecule has 0 aliphatic carbocycles. The van der Waals surface area contributed by atoms with E-state index in [1.807, 2.05) is 36.4 Å². The summed E-state index contributed by atoms with van der Waals surface area (Å²) in [7, 11) is 0. The summed E-state index contributed by atoms with van der Waals surface area (Å²) in [5.74, 6) is 0. The normalized spacial score (nSPS) is 9.60. The van der Waals surface area contributed by atoms with E-state index in [1.165, 1.54) is 0 Å². The second-order valence-electron chi connectivity index (χ2n) is 3.17. The molecule has 0 saturated carbocycles. The first kappa shape index (κ1) is 10.2. The molecule has 0 radical (unpaired) electrons. The second kappa shape index (κ2) is 4.45. The predicted molar refractivity (Wildman–Crippen MR) is 69.3 cm³/mol. The minimum atomic E-state index is 0.703. The van der Waals surface area contributed by atoms with Crippen LogP contribution >= 0.6 is 22.6 Å². The van der Waals surface area contributed by atoms with E-state index in [0.29, 0.717) is 5.56 Å². The van der Waals surface area contributed by atoms with Crippen molar-refractivity contribution >= 4 is 22.6 Å². The molecule has 2 heteroatoms. The summed E-state index contributed by atoms with van der Waals surface area (Å²) < 4.78 is 1.16. The monoisotopic (exact) mass is 305 g/mol. The number of benzene rings is 2. The highest BCUT2D eigenvalue weighted by atomic mass is 127. The van der Waals surface area contributed by atoms with E-state index < -0.39 is 0 Å². The van der Waals surface area contributed by atoms with E-state index >= 15 is 0 Å².